The smallest absolute Gasteiger partial charge is 0.277 e. The molecular weight excluding hydrogens is 442 g/mol. The van der Waals surface area contributed by atoms with Gasteiger partial charge in [-0.3, -0.25) is 9.59 Å². The van der Waals surface area contributed by atoms with Gasteiger partial charge < -0.3 is 14.3 Å². The molecule has 0 saturated carbocycles. The third kappa shape index (κ3) is 3.80. The minimum atomic E-state index is -0.142. The first-order chi connectivity index (χ1) is 14.6. The number of fused-ring (bicyclic) bond motifs is 1. The van der Waals surface area contributed by atoms with Crippen LogP contribution in [-0.2, 0) is 17.1 Å². The summed E-state index contributed by atoms with van der Waals surface area (Å²) in [4.78, 5) is 36.6. The first kappa shape index (κ1) is 19.5. The van der Waals surface area contributed by atoms with Crippen LogP contribution in [0.15, 0.2) is 31.9 Å². The zero-order chi connectivity index (χ0) is 20.7. The molecule has 0 aliphatic carbocycles. The third-order valence-corrected chi connectivity index (χ3v) is 7.51. The maximum Gasteiger partial charge on any atom is 0.277 e. The van der Waals surface area contributed by atoms with E-state index in [1.165, 1.54) is 28.0 Å². The highest BCUT2D eigenvalue weighted by Gasteiger charge is 2.22. The van der Waals surface area contributed by atoms with Crippen molar-refractivity contribution < 1.29 is 9.21 Å². The number of amides is 1. The number of carbonyl (C=O) groups is 1. The maximum absolute atomic E-state index is 12.7. The second kappa shape index (κ2) is 7.97. The SMILES string of the molecule is Cc1ccc(-c2csc3nc(CSc4nnc(CN5CCCC5=O)o4)[nH]c(=O)c23)s1. The number of hydrogen-bond donors (Lipinski definition) is 1. The highest BCUT2D eigenvalue weighted by molar-refractivity contribution is 7.98. The van der Waals surface area contributed by atoms with Gasteiger partial charge >= 0.3 is 0 Å². The van der Waals surface area contributed by atoms with Gasteiger partial charge in [0.2, 0.25) is 11.8 Å². The summed E-state index contributed by atoms with van der Waals surface area (Å²) in [5, 5.41) is 11.0. The molecule has 30 heavy (non-hydrogen) atoms. The number of aryl methyl sites for hydroxylation is 1. The van der Waals surface area contributed by atoms with Crippen LogP contribution in [0.2, 0.25) is 0 Å². The van der Waals surface area contributed by atoms with Crippen LogP contribution in [-0.4, -0.2) is 37.5 Å². The second-order valence-corrected chi connectivity index (χ2v) is 9.99. The Bertz CT molecular complexity index is 1290. The van der Waals surface area contributed by atoms with E-state index in [0.29, 0.717) is 45.9 Å². The summed E-state index contributed by atoms with van der Waals surface area (Å²) in [7, 11) is 0. The summed E-state index contributed by atoms with van der Waals surface area (Å²) in [6.45, 7) is 3.11. The molecular formula is C19H17N5O3S3. The molecule has 1 aliphatic heterocycles. The van der Waals surface area contributed by atoms with Crippen molar-refractivity contribution in [3.8, 4) is 10.4 Å². The lowest BCUT2D eigenvalue weighted by Gasteiger charge is -2.11. The van der Waals surface area contributed by atoms with E-state index in [1.54, 1.807) is 16.2 Å². The van der Waals surface area contributed by atoms with E-state index in [4.69, 9.17) is 4.42 Å². The number of nitrogens with one attached hydrogen (secondary N) is 1. The van der Waals surface area contributed by atoms with Gasteiger partial charge in [-0.2, -0.15) is 0 Å². The van der Waals surface area contributed by atoms with Gasteiger partial charge in [-0.25, -0.2) is 4.98 Å². The summed E-state index contributed by atoms with van der Waals surface area (Å²) in [6, 6.07) is 4.09. The fourth-order valence-corrected chi connectivity index (χ4v) is 5.92. The Morgan fingerprint density at radius 3 is 2.97 bits per heavy atom. The van der Waals surface area contributed by atoms with Crippen molar-refractivity contribution in [3.63, 3.8) is 0 Å². The zero-order valence-electron chi connectivity index (χ0n) is 16.0. The number of aromatic amines is 1. The average molecular weight is 460 g/mol. The fourth-order valence-electron chi connectivity index (χ4n) is 3.35. The number of aromatic nitrogens is 4. The predicted molar refractivity (Wildman–Crippen MR) is 117 cm³/mol. The monoisotopic (exact) mass is 459 g/mol. The van der Waals surface area contributed by atoms with Crippen molar-refractivity contribution >= 4 is 50.6 Å². The van der Waals surface area contributed by atoms with E-state index in [0.717, 1.165) is 23.4 Å². The first-order valence-electron chi connectivity index (χ1n) is 9.37. The van der Waals surface area contributed by atoms with Gasteiger partial charge in [-0.15, -0.1) is 32.9 Å². The molecule has 5 rings (SSSR count). The number of hydrogen-bond acceptors (Lipinski definition) is 9. The van der Waals surface area contributed by atoms with Crippen LogP contribution in [0.25, 0.3) is 20.7 Å². The Balaban J connectivity index is 1.30. The molecule has 0 spiro atoms. The second-order valence-electron chi connectivity index (χ2n) is 6.92. The molecule has 1 saturated heterocycles. The Morgan fingerprint density at radius 1 is 1.30 bits per heavy atom. The van der Waals surface area contributed by atoms with Gasteiger partial charge in [-0.05, 0) is 25.5 Å². The number of nitrogens with zero attached hydrogens (tertiary/aromatic N) is 4. The van der Waals surface area contributed by atoms with Gasteiger partial charge in [0.1, 0.15) is 10.7 Å². The number of H-pyrrole nitrogens is 1. The lowest BCUT2D eigenvalue weighted by Crippen LogP contribution is -2.23. The molecule has 0 aromatic carbocycles. The maximum atomic E-state index is 12.7. The molecule has 154 valence electrons. The summed E-state index contributed by atoms with van der Waals surface area (Å²) >= 11 is 4.44. The Labute approximate surface area is 183 Å². The number of thiophene rings is 2. The molecule has 4 aromatic heterocycles. The van der Waals surface area contributed by atoms with Gasteiger partial charge in [-0.1, -0.05) is 11.8 Å². The molecule has 0 atom stereocenters. The van der Waals surface area contributed by atoms with Crippen molar-refractivity contribution in [1.82, 2.24) is 25.1 Å². The van der Waals surface area contributed by atoms with Gasteiger partial charge in [0, 0.05) is 33.7 Å². The topological polar surface area (TPSA) is 105 Å². The molecule has 0 bridgehead atoms. The highest BCUT2D eigenvalue weighted by atomic mass is 32.2. The molecule has 1 aliphatic rings. The van der Waals surface area contributed by atoms with Crippen molar-refractivity contribution in [1.29, 1.82) is 0 Å². The zero-order valence-corrected chi connectivity index (χ0v) is 18.5. The predicted octanol–water partition coefficient (Wildman–Crippen LogP) is 3.82. The Morgan fingerprint density at radius 2 is 2.20 bits per heavy atom. The molecule has 5 heterocycles. The first-order valence-corrected chi connectivity index (χ1v) is 12.0. The van der Waals surface area contributed by atoms with Crippen LogP contribution >= 0.6 is 34.4 Å². The van der Waals surface area contributed by atoms with Crippen LogP contribution in [0.1, 0.15) is 29.4 Å². The van der Waals surface area contributed by atoms with Crippen molar-refractivity contribution in [2.45, 2.75) is 37.3 Å². The van der Waals surface area contributed by atoms with E-state index in [-0.39, 0.29) is 11.5 Å². The molecule has 1 N–H and O–H groups in total. The molecule has 0 unspecified atom stereocenters. The summed E-state index contributed by atoms with van der Waals surface area (Å²) in [6.07, 6.45) is 1.44. The van der Waals surface area contributed by atoms with Crippen LogP contribution in [0.3, 0.4) is 0 Å². The van der Waals surface area contributed by atoms with Crippen LogP contribution < -0.4 is 5.56 Å². The standard InChI is InChI=1S/C19H17N5O3S3/c1-10-4-5-12(30-10)11-8-28-18-16(11)17(26)20-13(21-18)9-29-19-23-22-14(27-19)7-24-6-2-3-15(24)25/h4-5,8H,2-3,6-7,9H2,1H3,(H,20,21,26). The highest BCUT2D eigenvalue weighted by Crippen LogP contribution is 2.35. The minimum absolute atomic E-state index is 0.116. The summed E-state index contributed by atoms with van der Waals surface area (Å²) in [5.41, 5.74) is 0.788. The van der Waals surface area contributed by atoms with Gasteiger partial charge in [0.15, 0.2) is 0 Å². The van der Waals surface area contributed by atoms with Crippen molar-refractivity contribution in [3.05, 3.63) is 44.5 Å². The van der Waals surface area contributed by atoms with Crippen LogP contribution in [0.4, 0.5) is 0 Å². The van der Waals surface area contributed by atoms with E-state index in [1.807, 2.05) is 18.4 Å². The molecule has 4 aromatic rings. The van der Waals surface area contributed by atoms with E-state index in [9.17, 15) is 9.59 Å². The average Bonchev–Trinajstić information content (AvgIpc) is 3.49. The Hall–Kier alpha value is -2.50. The van der Waals surface area contributed by atoms with E-state index < -0.39 is 0 Å². The summed E-state index contributed by atoms with van der Waals surface area (Å²) < 4.78 is 5.63. The summed E-state index contributed by atoms with van der Waals surface area (Å²) in [5.74, 6) is 1.49. The number of thioether (sulfide) groups is 1. The number of likely N-dealkylation sites (tertiary alicyclic amines) is 1. The molecule has 11 heteroatoms. The normalized spacial score (nSPS) is 14.3. The van der Waals surface area contributed by atoms with Crippen LogP contribution in [0, 0.1) is 6.92 Å². The lowest BCUT2D eigenvalue weighted by molar-refractivity contribution is -0.128. The van der Waals surface area contributed by atoms with Gasteiger partial charge in [0.05, 0.1) is 17.7 Å². The fraction of sp³-hybridized carbons (Fsp3) is 0.316. The Kier molecular flexibility index (Phi) is 5.17. The molecule has 8 nitrogen and oxygen atoms in total. The minimum Gasteiger partial charge on any atom is -0.414 e. The number of carbonyl (C=O) groups excluding carboxylic acids is 1. The van der Waals surface area contributed by atoms with Crippen molar-refractivity contribution in [2.75, 3.05) is 6.54 Å². The van der Waals surface area contributed by atoms with Crippen LogP contribution in [0.5, 0.6) is 0 Å². The molecule has 0 radical (unpaired) electrons. The third-order valence-electron chi connectivity index (χ3n) is 4.78. The van der Waals surface area contributed by atoms with E-state index >= 15 is 0 Å². The largest absolute Gasteiger partial charge is 0.414 e. The molecule has 1 amide bonds. The number of rotatable bonds is 6. The lowest BCUT2D eigenvalue weighted by atomic mass is 10.2. The quantitative estimate of drug-likeness (QED) is 0.437. The van der Waals surface area contributed by atoms with Gasteiger partial charge in [0.25, 0.3) is 10.8 Å². The van der Waals surface area contributed by atoms with Crippen molar-refractivity contribution in [2.24, 2.45) is 0 Å². The molecule has 1 fully saturated rings. The van der Waals surface area contributed by atoms with E-state index in [2.05, 4.69) is 26.2 Å².